The fourth-order valence-corrected chi connectivity index (χ4v) is 3.39. The second-order valence-corrected chi connectivity index (χ2v) is 6.71. The van der Waals surface area contributed by atoms with Crippen LogP contribution in [0.1, 0.15) is 11.6 Å². The largest absolute Gasteiger partial charge is 0.457 e. The number of para-hydroxylation sites is 1. The van der Waals surface area contributed by atoms with Crippen LogP contribution in [0.3, 0.4) is 0 Å². The predicted octanol–water partition coefficient (Wildman–Crippen LogP) is 5.55. The van der Waals surface area contributed by atoms with Gasteiger partial charge in [-0.3, -0.25) is 4.79 Å². The number of nitrogens with one attached hydrogen (secondary N) is 1. The average Bonchev–Trinajstić information content (AvgIpc) is 3.14. The highest BCUT2D eigenvalue weighted by Crippen LogP contribution is 2.36. The Labute approximate surface area is 169 Å². The minimum atomic E-state index is -0.315. The van der Waals surface area contributed by atoms with E-state index in [0.717, 1.165) is 0 Å². The summed E-state index contributed by atoms with van der Waals surface area (Å²) in [7, 11) is 0. The van der Waals surface area contributed by atoms with Gasteiger partial charge in [0.2, 0.25) is 0 Å². The SMILES string of the molecule is N#CC(=Cc1ccc(-c2c(Cl)cccc2Cl)o1)c1nc2ccccc2c(=O)[nH]1. The molecule has 0 atom stereocenters. The van der Waals surface area contributed by atoms with Gasteiger partial charge in [0.15, 0.2) is 5.82 Å². The van der Waals surface area contributed by atoms with Crippen LogP contribution in [0.25, 0.3) is 33.9 Å². The smallest absolute Gasteiger partial charge is 0.259 e. The number of benzene rings is 2. The van der Waals surface area contributed by atoms with E-state index >= 15 is 0 Å². The second kappa shape index (κ2) is 7.35. The molecular weight excluding hydrogens is 397 g/mol. The molecule has 0 aliphatic carbocycles. The van der Waals surface area contributed by atoms with E-state index in [1.807, 2.05) is 6.07 Å². The Morgan fingerprint density at radius 3 is 2.57 bits per heavy atom. The maximum Gasteiger partial charge on any atom is 0.259 e. The number of nitrogens with zero attached hydrogens (tertiary/aromatic N) is 2. The van der Waals surface area contributed by atoms with Crippen molar-refractivity contribution in [1.82, 2.24) is 9.97 Å². The summed E-state index contributed by atoms with van der Waals surface area (Å²) >= 11 is 12.4. The molecule has 0 aliphatic rings. The molecule has 4 aromatic rings. The number of hydrogen-bond donors (Lipinski definition) is 1. The molecule has 7 heteroatoms. The van der Waals surface area contributed by atoms with Crippen LogP contribution in [-0.2, 0) is 0 Å². The molecular formula is C21H11Cl2N3O2. The number of rotatable bonds is 3. The van der Waals surface area contributed by atoms with Gasteiger partial charge < -0.3 is 9.40 Å². The molecule has 4 rings (SSSR count). The highest BCUT2D eigenvalue weighted by molar-refractivity contribution is 6.39. The summed E-state index contributed by atoms with van der Waals surface area (Å²) in [5, 5.41) is 10.9. The molecule has 2 heterocycles. The molecule has 0 amide bonds. The van der Waals surface area contributed by atoms with Crippen molar-refractivity contribution in [3.05, 3.63) is 86.6 Å². The fraction of sp³-hybridized carbons (Fsp3) is 0. The number of hydrogen-bond acceptors (Lipinski definition) is 4. The minimum Gasteiger partial charge on any atom is -0.457 e. The van der Waals surface area contributed by atoms with E-state index < -0.39 is 0 Å². The Morgan fingerprint density at radius 1 is 1.07 bits per heavy atom. The highest BCUT2D eigenvalue weighted by Gasteiger charge is 2.13. The molecule has 0 fully saturated rings. The van der Waals surface area contributed by atoms with Gasteiger partial charge in [-0.2, -0.15) is 5.26 Å². The van der Waals surface area contributed by atoms with E-state index in [1.54, 1.807) is 54.6 Å². The average molecular weight is 408 g/mol. The summed E-state index contributed by atoms with van der Waals surface area (Å²) in [6.07, 6.45) is 1.50. The van der Waals surface area contributed by atoms with Gasteiger partial charge in [0.05, 0.1) is 32.1 Å². The van der Waals surface area contributed by atoms with Gasteiger partial charge >= 0.3 is 0 Å². The van der Waals surface area contributed by atoms with Gasteiger partial charge in [-0.25, -0.2) is 4.98 Å². The van der Waals surface area contributed by atoms with E-state index in [4.69, 9.17) is 27.6 Å². The first-order valence-electron chi connectivity index (χ1n) is 8.22. The van der Waals surface area contributed by atoms with Crippen LogP contribution in [-0.4, -0.2) is 9.97 Å². The maximum atomic E-state index is 12.3. The summed E-state index contributed by atoms with van der Waals surface area (Å²) in [6, 6.07) is 17.5. The molecule has 1 N–H and O–H groups in total. The first-order valence-corrected chi connectivity index (χ1v) is 8.98. The molecule has 0 aliphatic heterocycles. The quantitative estimate of drug-likeness (QED) is 0.451. The molecule has 28 heavy (non-hydrogen) atoms. The summed E-state index contributed by atoms with van der Waals surface area (Å²) in [6.45, 7) is 0. The molecule has 0 saturated carbocycles. The van der Waals surface area contributed by atoms with E-state index in [1.165, 1.54) is 6.08 Å². The summed E-state index contributed by atoms with van der Waals surface area (Å²) < 4.78 is 5.79. The monoisotopic (exact) mass is 407 g/mol. The van der Waals surface area contributed by atoms with Crippen LogP contribution < -0.4 is 5.56 Å². The lowest BCUT2D eigenvalue weighted by atomic mass is 10.2. The summed E-state index contributed by atoms with van der Waals surface area (Å²) in [5.41, 5.74) is 0.922. The molecule has 0 radical (unpaired) electrons. The second-order valence-electron chi connectivity index (χ2n) is 5.90. The third-order valence-corrected chi connectivity index (χ3v) is 4.74. The Hall–Kier alpha value is -3.33. The van der Waals surface area contributed by atoms with Crippen molar-refractivity contribution in [3.8, 4) is 17.4 Å². The van der Waals surface area contributed by atoms with E-state index in [2.05, 4.69) is 9.97 Å². The third kappa shape index (κ3) is 3.31. The number of aromatic nitrogens is 2. The van der Waals surface area contributed by atoms with Crippen LogP contribution in [0.15, 0.2) is 63.8 Å². The van der Waals surface area contributed by atoms with Crippen molar-refractivity contribution in [2.75, 3.05) is 0 Å². The van der Waals surface area contributed by atoms with Gasteiger partial charge in [0.1, 0.15) is 17.6 Å². The Morgan fingerprint density at radius 2 is 1.82 bits per heavy atom. The van der Waals surface area contributed by atoms with Gasteiger partial charge in [-0.15, -0.1) is 0 Å². The van der Waals surface area contributed by atoms with Gasteiger partial charge in [-0.05, 0) is 36.4 Å². The highest BCUT2D eigenvalue weighted by atomic mass is 35.5. The molecule has 136 valence electrons. The van der Waals surface area contributed by atoms with Crippen LogP contribution >= 0.6 is 23.2 Å². The zero-order valence-corrected chi connectivity index (χ0v) is 15.8. The molecule has 0 spiro atoms. The topological polar surface area (TPSA) is 82.7 Å². The molecule has 0 saturated heterocycles. The lowest BCUT2D eigenvalue weighted by Gasteiger charge is -2.03. The van der Waals surface area contributed by atoms with Crippen molar-refractivity contribution in [3.63, 3.8) is 0 Å². The number of H-pyrrole nitrogens is 1. The van der Waals surface area contributed by atoms with Crippen molar-refractivity contribution >= 4 is 45.8 Å². The van der Waals surface area contributed by atoms with Crippen LogP contribution in [0.2, 0.25) is 10.0 Å². The zero-order chi connectivity index (χ0) is 19.7. The van der Waals surface area contributed by atoms with Crippen LogP contribution in [0.4, 0.5) is 0 Å². The van der Waals surface area contributed by atoms with E-state index in [-0.39, 0.29) is 17.0 Å². The van der Waals surface area contributed by atoms with Crippen molar-refractivity contribution in [1.29, 1.82) is 5.26 Å². The minimum absolute atomic E-state index is 0.161. The van der Waals surface area contributed by atoms with Crippen molar-refractivity contribution in [2.45, 2.75) is 0 Å². The molecule has 0 bridgehead atoms. The normalized spacial score (nSPS) is 11.5. The lowest BCUT2D eigenvalue weighted by Crippen LogP contribution is -2.11. The molecule has 2 aromatic heterocycles. The zero-order valence-electron chi connectivity index (χ0n) is 14.2. The first-order chi connectivity index (χ1) is 13.6. The molecule has 2 aromatic carbocycles. The Balaban J connectivity index is 1.77. The van der Waals surface area contributed by atoms with E-state index in [0.29, 0.717) is 38.0 Å². The van der Waals surface area contributed by atoms with Crippen molar-refractivity contribution in [2.24, 2.45) is 0 Å². The Bertz CT molecular complexity index is 1310. The van der Waals surface area contributed by atoms with Crippen molar-refractivity contribution < 1.29 is 4.42 Å². The predicted molar refractivity (Wildman–Crippen MR) is 110 cm³/mol. The molecule has 5 nitrogen and oxygen atoms in total. The molecule has 0 unspecified atom stereocenters. The number of aromatic amines is 1. The fourth-order valence-electron chi connectivity index (χ4n) is 2.81. The Kier molecular flexibility index (Phi) is 4.74. The third-order valence-electron chi connectivity index (χ3n) is 4.11. The number of allylic oxidation sites excluding steroid dienone is 1. The number of fused-ring (bicyclic) bond motifs is 1. The number of nitriles is 1. The lowest BCUT2D eigenvalue weighted by molar-refractivity contribution is 0.572. The van der Waals surface area contributed by atoms with E-state index in [9.17, 15) is 10.1 Å². The van der Waals surface area contributed by atoms with Crippen LogP contribution in [0.5, 0.6) is 0 Å². The van der Waals surface area contributed by atoms with Crippen LogP contribution in [0, 0.1) is 11.3 Å². The summed E-state index contributed by atoms with van der Waals surface area (Å²) in [4.78, 5) is 19.3. The standard InChI is InChI=1S/C21H11Cl2N3O2/c22-15-5-3-6-16(23)19(15)18-9-8-13(28-18)10-12(11-24)20-25-17-7-2-1-4-14(17)21(27)26-20/h1-10H,(H,25,26,27). The van der Waals surface area contributed by atoms with Gasteiger partial charge in [0.25, 0.3) is 5.56 Å². The van der Waals surface area contributed by atoms with Gasteiger partial charge in [0, 0.05) is 6.08 Å². The maximum absolute atomic E-state index is 12.3. The number of furan rings is 1. The first kappa shape index (κ1) is 18.1. The van der Waals surface area contributed by atoms with Gasteiger partial charge in [-0.1, -0.05) is 41.4 Å². The number of halogens is 2. The summed E-state index contributed by atoms with van der Waals surface area (Å²) in [5.74, 6) is 1.04.